The monoisotopic (exact) mass is 428 g/mol. The first-order valence-electron chi connectivity index (χ1n) is 9.98. The Morgan fingerprint density at radius 1 is 0.812 bits per heavy atom. The van der Waals surface area contributed by atoms with E-state index in [1.165, 1.54) is 10.9 Å². The third kappa shape index (κ3) is 3.53. The zero-order valence-electron chi connectivity index (χ0n) is 17.6. The molecule has 32 heavy (non-hydrogen) atoms. The van der Waals surface area contributed by atoms with Crippen LogP contribution in [0, 0.1) is 0 Å². The highest BCUT2D eigenvalue weighted by Crippen LogP contribution is 2.24. The van der Waals surface area contributed by atoms with Crippen LogP contribution in [-0.2, 0) is 13.1 Å². The topological polar surface area (TPSA) is 96.9 Å². The summed E-state index contributed by atoms with van der Waals surface area (Å²) in [5.74, 6) is 2.00. The number of benzene rings is 2. The Balaban J connectivity index is 1.51. The molecule has 9 heteroatoms. The molecule has 0 N–H and O–H groups in total. The lowest BCUT2D eigenvalue weighted by Gasteiger charge is -2.05. The molecule has 2 aliphatic heterocycles. The molecule has 0 unspecified atom stereocenters. The molecule has 1 aromatic heterocycles. The van der Waals surface area contributed by atoms with Crippen molar-refractivity contribution in [3.63, 3.8) is 0 Å². The summed E-state index contributed by atoms with van der Waals surface area (Å²) >= 11 is 0. The summed E-state index contributed by atoms with van der Waals surface area (Å²) in [6.07, 6.45) is 3.15. The quantitative estimate of drug-likeness (QED) is 0.410. The van der Waals surface area contributed by atoms with Crippen LogP contribution in [0.25, 0.3) is 22.7 Å². The van der Waals surface area contributed by atoms with Gasteiger partial charge in [-0.15, -0.1) is 0 Å². The van der Waals surface area contributed by atoms with Gasteiger partial charge >= 0.3 is 5.69 Å². The molecule has 0 fully saturated rings. The standard InChI is InChI=1S/C23H20N6O3/c1-31-17-7-3-15(4-8-17)11-28-14-26-19-20-22(25-13-24-21(19)28)29(23(30)27-20)12-16-5-9-18(32-2)10-6-16/h3-10,13-14H,11-12H2,1-2H3. The largest absolute Gasteiger partial charge is 0.497 e. The van der Waals surface area contributed by atoms with E-state index in [-0.39, 0.29) is 5.69 Å². The fourth-order valence-electron chi connectivity index (χ4n) is 3.63. The lowest BCUT2D eigenvalue weighted by atomic mass is 10.2. The number of ether oxygens (including phenoxy) is 2. The van der Waals surface area contributed by atoms with E-state index >= 15 is 0 Å². The third-order valence-electron chi connectivity index (χ3n) is 5.31. The molecule has 5 rings (SSSR count). The van der Waals surface area contributed by atoms with Crippen molar-refractivity contribution in [2.45, 2.75) is 13.1 Å². The Hall–Kier alpha value is -4.27. The van der Waals surface area contributed by atoms with Crippen LogP contribution in [0.15, 0.2) is 66.0 Å². The van der Waals surface area contributed by atoms with Gasteiger partial charge in [-0.25, -0.2) is 19.7 Å². The summed E-state index contributed by atoms with van der Waals surface area (Å²) in [5.41, 5.74) is 3.21. The van der Waals surface area contributed by atoms with Crippen molar-refractivity contribution < 1.29 is 9.47 Å². The second-order valence-electron chi connectivity index (χ2n) is 7.27. The smallest absolute Gasteiger partial charge is 0.350 e. The molecule has 0 amide bonds. The minimum Gasteiger partial charge on any atom is -0.497 e. The number of nitrogens with zero attached hydrogens (tertiary/aromatic N) is 6. The molecule has 0 saturated heterocycles. The fraction of sp³-hybridized carbons (Fsp3) is 0.174. The second-order valence-corrected chi connectivity index (χ2v) is 7.27. The highest BCUT2D eigenvalue weighted by atomic mass is 16.5. The third-order valence-corrected chi connectivity index (χ3v) is 5.31. The zero-order chi connectivity index (χ0) is 22.1. The van der Waals surface area contributed by atoms with Gasteiger partial charge in [0, 0.05) is 0 Å². The number of hydrogen-bond acceptors (Lipinski definition) is 7. The van der Waals surface area contributed by atoms with E-state index in [0.717, 1.165) is 22.6 Å². The Bertz CT molecular complexity index is 1410. The molecule has 160 valence electrons. The normalized spacial score (nSPS) is 11.2. The van der Waals surface area contributed by atoms with Crippen molar-refractivity contribution in [2.24, 2.45) is 0 Å². The van der Waals surface area contributed by atoms with Gasteiger partial charge in [-0.1, -0.05) is 24.3 Å². The van der Waals surface area contributed by atoms with E-state index in [1.54, 1.807) is 20.5 Å². The minimum atomic E-state index is -0.375. The summed E-state index contributed by atoms with van der Waals surface area (Å²) in [7, 11) is 3.25. The number of aromatic nitrogens is 6. The molecule has 2 aliphatic rings. The highest BCUT2D eigenvalue weighted by molar-refractivity contribution is 5.85. The van der Waals surface area contributed by atoms with Gasteiger partial charge in [0.2, 0.25) is 0 Å². The summed E-state index contributed by atoms with van der Waals surface area (Å²) in [6.45, 7) is 0.903. The zero-order valence-corrected chi connectivity index (χ0v) is 17.6. The molecule has 3 heterocycles. The van der Waals surface area contributed by atoms with Gasteiger partial charge in [0.05, 0.1) is 33.6 Å². The van der Waals surface area contributed by atoms with Gasteiger partial charge in [-0.3, -0.25) is 4.57 Å². The molecule has 3 aromatic rings. The number of hydrogen-bond donors (Lipinski definition) is 0. The predicted octanol–water partition coefficient (Wildman–Crippen LogP) is 2.60. The van der Waals surface area contributed by atoms with Crippen molar-refractivity contribution in [1.82, 2.24) is 29.1 Å². The molecule has 9 nitrogen and oxygen atoms in total. The molecule has 0 aliphatic carbocycles. The maximum atomic E-state index is 12.7. The van der Waals surface area contributed by atoms with Crippen LogP contribution >= 0.6 is 0 Å². The van der Waals surface area contributed by atoms with Crippen LogP contribution in [0.3, 0.4) is 0 Å². The lowest BCUT2D eigenvalue weighted by molar-refractivity contribution is 0.414. The maximum absolute atomic E-state index is 12.7. The van der Waals surface area contributed by atoms with Gasteiger partial charge < -0.3 is 14.0 Å². The van der Waals surface area contributed by atoms with Crippen LogP contribution < -0.4 is 15.2 Å². The second kappa shape index (κ2) is 8.10. The van der Waals surface area contributed by atoms with Crippen molar-refractivity contribution in [3.05, 3.63) is 82.8 Å². The van der Waals surface area contributed by atoms with E-state index < -0.39 is 0 Å². The SMILES string of the molecule is COc1ccc(Cn2c3ncnc4c(ncn4Cc4ccc(OC)cc4)c-3nc2=O)cc1. The van der Waals surface area contributed by atoms with Gasteiger partial charge in [0.1, 0.15) is 29.0 Å². The number of imidazole rings is 2. The van der Waals surface area contributed by atoms with Gasteiger partial charge in [-0.2, -0.15) is 4.98 Å². The van der Waals surface area contributed by atoms with Gasteiger partial charge in [-0.05, 0) is 35.4 Å². The van der Waals surface area contributed by atoms with Crippen molar-refractivity contribution in [1.29, 1.82) is 0 Å². The van der Waals surface area contributed by atoms with Crippen LogP contribution in [0.4, 0.5) is 0 Å². The van der Waals surface area contributed by atoms with Gasteiger partial charge in [0.15, 0.2) is 11.5 Å². The van der Waals surface area contributed by atoms with E-state index in [2.05, 4.69) is 19.9 Å². The van der Waals surface area contributed by atoms with Crippen molar-refractivity contribution >= 4 is 11.2 Å². The van der Waals surface area contributed by atoms with Gasteiger partial charge in [0.25, 0.3) is 0 Å². The van der Waals surface area contributed by atoms with Crippen LogP contribution in [0.5, 0.6) is 11.5 Å². The summed E-state index contributed by atoms with van der Waals surface area (Å²) < 4.78 is 13.9. The van der Waals surface area contributed by atoms with E-state index in [1.807, 2.05) is 53.1 Å². The molecule has 0 spiro atoms. The molecule has 0 bridgehead atoms. The minimum absolute atomic E-state index is 0.338. The Labute approximate surface area is 183 Å². The molecule has 0 radical (unpaired) electrons. The summed E-state index contributed by atoms with van der Waals surface area (Å²) in [4.78, 5) is 30.3. The molecular weight excluding hydrogens is 408 g/mol. The molecule has 0 atom stereocenters. The molecule has 2 aromatic carbocycles. The first kappa shape index (κ1) is 19.7. The lowest BCUT2D eigenvalue weighted by Crippen LogP contribution is -2.17. The fourth-order valence-corrected chi connectivity index (χ4v) is 3.63. The number of rotatable bonds is 6. The first-order chi connectivity index (χ1) is 15.7. The average Bonchev–Trinajstić information content (AvgIpc) is 3.29. The van der Waals surface area contributed by atoms with Crippen LogP contribution in [-0.4, -0.2) is 43.3 Å². The summed E-state index contributed by atoms with van der Waals surface area (Å²) in [6, 6.07) is 15.3. The average molecular weight is 428 g/mol. The predicted molar refractivity (Wildman–Crippen MR) is 118 cm³/mol. The maximum Gasteiger partial charge on any atom is 0.350 e. The Kier molecular flexibility index (Phi) is 4.98. The Morgan fingerprint density at radius 3 is 2.06 bits per heavy atom. The Morgan fingerprint density at radius 2 is 1.44 bits per heavy atom. The van der Waals surface area contributed by atoms with E-state index in [0.29, 0.717) is 35.8 Å². The number of methoxy groups -OCH3 is 2. The van der Waals surface area contributed by atoms with E-state index in [4.69, 9.17) is 9.47 Å². The number of fused-ring (bicyclic) bond motifs is 3. The van der Waals surface area contributed by atoms with Crippen molar-refractivity contribution in [2.75, 3.05) is 14.2 Å². The van der Waals surface area contributed by atoms with Crippen LogP contribution in [0.1, 0.15) is 11.1 Å². The van der Waals surface area contributed by atoms with Crippen LogP contribution in [0.2, 0.25) is 0 Å². The van der Waals surface area contributed by atoms with E-state index in [9.17, 15) is 4.79 Å². The molecule has 0 saturated carbocycles. The molecular formula is C23H20N6O3. The highest BCUT2D eigenvalue weighted by Gasteiger charge is 2.21. The van der Waals surface area contributed by atoms with Crippen molar-refractivity contribution in [3.8, 4) is 23.0 Å². The first-order valence-corrected chi connectivity index (χ1v) is 9.98. The summed E-state index contributed by atoms with van der Waals surface area (Å²) in [5, 5.41) is 0.